The molecule has 0 saturated heterocycles. The van der Waals surface area contributed by atoms with Crippen molar-refractivity contribution < 1.29 is 0 Å². The number of allylic oxidation sites excluding steroid dienone is 8. The van der Waals surface area contributed by atoms with Gasteiger partial charge < -0.3 is 0 Å². The molecule has 0 aromatic carbocycles. The smallest absolute Gasteiger partial charge is 0.0181 e. The summed E-state index contributed by atoms with van der Waals surface area (Å²) in [5, 5.41) is 0. The summed E-state index contributed by atoms with van der Waals surface area (Å²) in [4.78, 5) is 0. The first-order valence-electron chi connectivity index (χ1n) is 4.98. The molecule has 0 N–H and O–H groups in total. The van der Waals surface area contributed by atoms with Gasteiger partial charge in [-0.15, -0.1) is 0 Å². The van der Waals surface area contributed by atoms with Crippen LogP contribution in [0.1, 0.15) is 13.8 Å². The van der Waals surface area contributed by atoms with Gasteiger partial charge in [0.2, 0.25) is 0 Å². The molecule has 0 unspecified atom stereocenters. The Labute approximate surface area is 79.3 Å². The van der Waals surface area contributed by atoms with Gasteiger partial charge in [0.1, 0.15) is 0 Å². The summed E-state index contributed by atoms with van der Waals surface area (Å²) in [6.45, 7) is 4.55. The molecule has 0 fully saturated rings. The van der Waals surface area contributed by atoms with Crippen molar-refractivity contribution in [2.24, 2.45) is 17.3 Å². The highest BCUT2D eigenvalue weighted by Crippen LogP contribution is 2.47. The third-order valence-corrected chi connectivity index (χ3v) is 3.20. The number of rotatable bonds is 0. The van der Waals surface area contributed by atoms with Crippen molar-refractivity contribution >= 4 is 0 Å². The highest BCUT2D eigenvalue weighted by atomic mass is 14.4. The van der Waals surface area contributed by atoms with E-state index in [2.05, 4.69) is 50.3 Å². The van der Waals surface area contributed by atoms with Gasteiger partial charge in [0, 0.05) is 17.3 Å². The summed E-state index contributed by atoms with van der Waals surface area (Å²) in [7, 11) is 0. The Balaban J connectivity index is 2.18. The van der Waals surface area contributed by atoms with Gasteiger partial charge in [0.05, 0.1) is 0 Å². The zero-order valence-electron chi connectivity index (χ0n) is 8.12. The molecule has 3 aliphatic carbocycles. The summed E-state index contributed by atoms with van der Waals surface area (Å²) >= 11 is 0. The molecule has 0 bridgehead atoms. The Bertz CT molecular complexity index is 341. The minimum absolute atomic E-state index is 0.245. The van der Waals surface area contributed by atoms with E-state index in [1.54, 1.807) is 0 Å². The van der Waals surface area contributed by atoms with Crippen LogP contribution in [-0.4, -0.2) is 0 Å². The third kappa shape index (κ3) is 0.918. The second kappa shape index (κ2) is 2.06. The number of hydrogen-bond donors (Lipinski definition) is 0. The summed E-state index contributed by atoms with van der Waals surface area (Å²) < 4.78 is 0. The molecule has 13 heavy (non-hydrogen) atoms. The third-order valence-electron chi connectivity index (χ3n) is 3.20. The maximum atomic E-state index is 2.41. The SMILES string of the molecule is CC1(C)C=C2C=CC3C=CC(=C1)C23. The summed E-state index contributed by atoms with van der Waals surface area (Å²) in [5.74, 6) is 1.33. The Kier molecular flexibility index (Phi) is 1.17. The van der Waals surface area contributed by atoms with Crippen molar-refractivity contribution in [2.75, 3.05) is 0 Å². The molecular weight excluding hydrogens is 156 g/mol. The average Bonchev–Trinajstić information content (AvgIpc) is 2.56. The van der Waals surface area contributed by atoms with Crippen LogP contribution in [0.5, 0.6) is 0 Å². The van der Waals surface area contributed by atoms with Gasteiger partial charge in [0.25, 0.3) is 0 Å². The minimum Gasteiger partial charge on any atom is -0.0764 e. The van der Waals surface area contributed by atoms with Crippen LogP contribution in [0.3, 0.4) is 0 Å². The molecule has 0 saturated carbocycles. The fraction of sp³-hybridized carbons (Fsp3) is 0.385. The molecule has 3 rings (SSSR count). The molecule has 0 heterocycles. The van der Waals surface area contributed by atoms with E-state index >= 15 is 0 Å². The molecular formula is C13H14. The first-order chi connectivity index (χ1) is 6.16. The van der Waals surface area contributed by atoms with E-state index in [4.69, 9.17) is 0 Å². The Hall–Kier alpha value is -1.04. The Morgan fingerprint density at radius 1 is 1.00 bits per heavy atom. The predicted octanol–water partition coefficient (Wildman–Crippen LogP) is 3.25. The predicted molar refractivity (Wildman–Crippen MR) is 55.2 cm³/mol. The molecule has 66 valence electrons. The first kappa shape index (κ1) is 7.37. The van der Waals surface area contributed by atoms with E-state index in [0.29, 0.717) is 11.8 Å². The molecule has 0 heteroatoms. The Morgan fingerprint density at radius 2 is 1.54 bits per heavy atom. The fourth-order valence-corrected chi connectivity index (χ4v) is 2.75. The summed E-state index contributed by atoms with van der Waals surface area (Å²) in [6.07, 6.45) is 14.1. The van der Waals surface area contributed by atoms with Crippen molar-refractivity contribution in [2.45, 2.75) is 13.8 Å². The van der Waals surface area contributed by atoms with Gasteiger partial charge in [-0.2, -0.15) is 0 Å². The molecule has 0 aliphatic heterocycles. The van der Waals surface area contributed by atoms with Crippen molar-refractivity contribution in [1.29, 1.82) is 0 Å². The standard InChI is InChI=1S/C13H14/c1-13(2)7-10-5-3-9-4-6-11(8-13)12(9)10/h3-9,12H,1-2H3. The van der Waals surface area contributed by atoms with Gasteiger partial charge >= 0.3 is 0 Å². The van der Waals surface area contributed by atoms with Crippen LogP contribution in [0.25, 0.3) is 0 Å². The first-order valence-corrected chi connectivity index (χ1v) is 4.98. The molecule has 0 aromatic rings. The minimum atomic E-state index is 0.245. The topological polar surface area (TPSA) is 0 Å². The molecule has 0 nitrogen and oxygen atoms in total. The van der Waals surface area contributed by atoms with Gasteiger partial charge in [-0.25, -0.2) is 0 Å². The van der Waals surface area contributed by atoms with E-state index in [1.807, 2.05) is 0 Å². The molecule has 0 aromatic heterocycles. The van der Waals surface area contributed by atoms with Gasteiger partial charge in [-0.3, -0.25) is 0 Å². The maximum absolute atomic E-state index is 2.41. The van der Waals surface area contributed by atoms with Crippen molar-refractivity contribution in [3.8, 4) is 0 Å². The monoisotopic (exact) mass is 170 g/mol. The second-order valence-electron chi connectivity index (χ2n) is 4.88. The van der Waals surface area contributed by atoms with Gasteiger partial charge in [-0.05, 0) is 11.1 Å². The second-order valence-corrected chi connectivity index (χ2v) is 4.88. The molecule has 3 aliphatic rings. The van der Waals surface area contributed by atoms with Crippen LogP contribution >= 0.6 is 0 Å². The van der Waals surface area contributed by atoms with E-state index in [0.717, 1.165) is 0 Å². The molecule has 0 amide bonds. The van der Waals surface area contributed by atoms with Crippen molar-refractivity contribution in [1.82, 2.24) is 0 Å². The lowest BCUT2D eigenvalue weighted by Gasteiger charge is -2.27. The largest absolute Gasteiger partial charge is 0.0764 e. The van der Waals surface area contributed by atoms with Gasteiger partial charge in [-0.1, -0.05) is 50.3 Å². The Morgan fingerprint density at radius 3 is 2.08 bits per heavy atom. The molecule has 0 radical (unpaired) electrons. The zero-order valence-corrected chi connectivity index (χ0v) is 8.12. The summed E-state index contributed by atoms with van der Waals surface area (Å²) in [5.41, 5.74) is 3.30. The van der Waals surface area contributed by atoms with Crippen LogP contribution in [0, 0.1) is 17.3 Å². The van der Waals surface area contributed by atoms with E-state index in [9.17, 15) is 0 Å². The van der Waals surface area contributed by atoms with Gasteiger partial charge in [0.15, 0.2) is 0 Å². The average molecular weight is 170 g/mol. The summed E-state index contributed by atoms with van der Waals surface area (Å²) in [6, 6.07) is 0. The zero-order chi connectivity index (χ0) is 9.05. The van der Waals surface area contributed by atoms with Crippen LogP contribution in [0.15, 0.2) is 47.6 Å². The highest BCUT2D eigenvalue weighted by Gasteiger charge is 2.36. The number of hydrogen-bond acceptors (Lipinski definition) is 0. The lowest BCUT2D eigenvalue weighted by Crippen LogP contribution is -2.16. The van der Waals surface area contributed by atoms with Crippen LogP contribution in [0.4, 0.5) is 0 Å². The lowest BCUT2D eigenvalue weighted by molar-refractivity contribution is 0.563. The normalized spacial score (nSPS) is 37.4. The lowest BCUT2D eigenvalue weighted by atomic mass is 9.77. The molecule has 0 spiro atoms. The van der Waals surface area contributed by atoms with Crippen molar-refractivity contribution in [3.63, 3.8) is 0 Å². The quantitative estimate of drug-likeness (QED) is 0.523. The van der Waals surface area contributed by atoms with Crippen molar-refractivity contribution in [3.05, 3.63) is 47.6 Å². The highest BCUT2D eigenvalue weighted by molar-refractivity contribution is 5.52. The molecule has 0 atom stereocenters. The van der Waals surface area contributed by atoms with E-state index in [-0.39, 0.29) is 5.41 Å². The van der Waals surface area contributed by atoms with Crippen LogP contribution < -0.4 is 0 Å². The fourth-order valence-electron chi connectivity index (χ4n) is 2.75. The van der Waals surface area contributed by atoms with E-state index in [1.165, 1.54) is 11.1 Å². The van der Waals surface area contributed by atoms with Crippen LogP contribution in [-0.2, 0) is 0 Å². The van der Waals surface area contributed by atoms with E-state index < -0.39 is 0 Å². The maximum Gasteiger partial charge on any atom is 0.0181 e. The van der Waals surface area contributed by atoms with Crippen LogP contribution in [0.2, 0.25) is 0 Å².